The van der Waals surface area contributed by atoms with Crippen LogP contribution in [-0.2, 0) is 0 Å². The van der Waals surface area contributed by atoms with Crippen molar-refractivity contribution in [3.8, 4) is 12.3 Å². The molecule has 1 aromatic heterocycles. The Morgan fingerprint density at radius 2 is 2.50 bits per heavy atom. The van der Waals surface area contributed by atoms with Crippen LogP contribution in [-0.4, -0.2) is 4.98 Å². The maximum Gasteiger partial charge on any atom is 0.107 e. The van der Waals surface area contributed by atoms with Gasteiger partial charge in [0.15, 0.2) is 0 Å². The fraction of sp³-hybridized carbons (Fsp3) is 0.375. The molecule has 0 amide bonds. The van der Waals surface area contributed by atoms with Gasteiger partial charge in [0.25, 0.3) is 0 Å². The molecule has 0 fully saturated rings. The van der Waals surface area contributed by atoms with Gasteiger partial charge in [-0.1, -0.05) is 5.92 Å². The Balaban J connectivity index is 2.87. The van der Waals surface area contributed by atoms with E-state index in [1.165, 1.54) is 4.88 Å². The lowest BCUT2D eigenvalue weighted by Gasteiger charge is -1.94. The zero-order chi connectivity index (χ0) is 7.56. The summed E-state index contributed by atoms with van der Waals surface area (Å²) in [6.07, 6.45) is 7.08. The lowest BCUT2D eigenvalue weighted by molar-refractivity contribution is 0.979. The van der Waals surface area contributed by atoms with Gasteiger partial charge in [-0.25, -0.2) is 4.98 Å². The molecule has 0 saturated carbocycles. The van der Waals surface area contributed by atoms with Gasteiger partial charge >= 0.3 is 0 Å². The number of terminal acetylenes is 1. The lowest BCUT2D eigenvalue weighted by atomic mass is 10.2. The molecule has 52 valence electrons. The molecule has 1 aromatic rings. The molecule has 0 bridgehead atoms. The van der Waals surface area contributed by atoms with Gasteiger partial charge in [-0.05, 0) is 13.8 Å². The van der Waals surface area contributed by atoms with Gasteiger partial charge in [-0.3, -0.25) is 0 Å². The van der Waals surface area contributed by atoms with E-state index in [1.807, 2.05) is 20.0 Å². The molecule has 10 heavy (non-hydrogen) atoms. The largest absolute Gasteiger partial charge is 0.248 e. The summed E-state index contributed by atoms with van der Waals surface area (Å²) in [6.45, 7) is 4.02. The maximum atomic E-state index is 5.23. The zero-order valence-electron chi connectivity index (χ0n) is 6.09. The van der Waals surface area contributed by atoms with Gasteiger partial charge in [0.05, 0.1) is 5.92 Å². The van der Waals surface area contributed by atoms with Crippen molar-refractivity contribution in [2.45, 2.75) is 19.8 Å². The number of aromatic nitrogens is 1. The number of nitrogens with zero attached hydrogens (tertiary/aromatic N) is 1. The van der Waals surface area contributed by atoms with Gasteiger partial charge in [0, 0.05) is 11.1 Å². The molecular formula is C8H9NS. The van der Waals surface area contributed by atoms with Crippen molar-refractivity contribution in [3.63, 3.8) is 0 Å². The van der Waals surface area contributed by atoms with Crippen LogP contribution in [0.2, 0.25) is 0 Å². The molecule has 0 unspecified atom stereocenters. The highest BCUT2D eigenvalue weighted by Crippen LogP contribution is 2.19. The summed E-state index contributed by atoms with van der Waals surface area (Å²) in [7, 11) is 0. The van der Waals surface area contributed by atoms with Crippen molar-refractivity contribution in [2.75, 3.05) is 0 Å². The summed E-state index contributed by atoms with van der Waals surface area (Å²) in [5, 5.41) is 1.04. The molecule has 0 aliphatic rings. The third kappa shape index (κ3) is 1.37. The topological polar surface area (TPSA) is 12.9 Å². The lowest BCUT2D eigenvalue weighted by Crippen LogP contribution is -1.85. The monoisotopic (exact) mass is 151 g/mol. The molecule has 0 saturated heterocycles. The molecule has 1 atom stereocenters. The highest BCUT2D eigenvalue weighted by molar-refractivity contribution is 7.11. The highest BCUT2D eigenvalue weighted by atomic mass is 32.1. The van der Waals surface area contributed by atoms with E-state index in [0.29, 0.717) is 0 Å². The minimum absolute atomic E-state index is 0.165. The molecule has 0 spiro atoms. The van der Waals surface area contributed by atoms with Crippen molar-refractivity contribution < 1.29 is 0 Å². The zero-order valence-corrected chi connectivity index (χ0v) is 6.90. The van der Waals surface area contributed by atoms with E-state index in [9.17, 15) is 0 Å². The number of hydrogen-bond acceptors (Lipinski definition) is 2. The Morgan fingerprint density at radius 3 is 2.90 bits per heavy atom. The van der Waals surface area contributed by atoms with E-state index in [1.54, 1.807) is 11.3 Å². The molecule has 1 nitrogen and oxygen atoms in total. The predicted octanol–water partition coefficient (Wildman–Crippen LogP) is 2.19. The molecule has 0 aliphatic carbocycles. The fourth-order valence-corrected chi connectivity index (χ4v) is 1.43. The van der Waals surface area contributed by atoms with Crippen LogP contribution in [0.3, 0.4) is 0 Å². The van der Waals surface area contributed by atoms with Crippen molar-refractivity contribution in [2.24, 2.45) is 0 Å². The SMILES string of the molecule is C#C[C@@H](C)c1ncc(C)s1. The minimum atomic E-state index is 0.165. The molecule has 2 heteroatoms. The molecule has 1 heterocycles. The van der Waals surface area contributed by atoms with Crippen LogP contribution < -0.4 is 0 Å². The Morgan fingerprint density at radius 1 is 1.80 bits per heavy atom. The van der Waals surface area contributed by atoms with Crippen molar-refractivity contribution in [1.82, 2.24) is 4.98 Å². The summed E-state index contributed by atoms with van der Waals surface area (Å²) in [5.74, 6) is 2.81. The quantitative estimate of drug-likeness (QED) is 0.561. The van der Waals surface area contributed by atoms with Crippen LogP contribution in [0.15, 0.2) is 6.20 Å². The summed E-state index contributed by atoms with van der Waals surface area (Å²) in [4.78, 5) is 5.38. The van der Waals surface area contributed by atoms with Crippen LogP contribution in [0, 0.1) is 19.3 Å². The summed E-state index contributed by atoms with van der Waals surface area (Å²) >= 11 is 1.67. The molecular weight excluding hydrogens is 142 g/mol. The number of thiazole rings is 1. The molecule has 0 aliphatic heterocycles. The minimum Gasteiger partial charge on any atom is -0.248 e. The second kappa shape index (κ2) is 2.85. The van der Waals surface area contributed by atoms with Gasteiger partial charge in [0.1, 0.15) is 5.01 Å². The standard InChI is InChI=1S/C8H9NS/c1-4-6(2)8-9-5-7(3)10-8/h1,5-6H,2-3H3/t6-/m1/s1. The van der Waals surface area contributed by atoms with Crippen LogP contribution in [0.5, 0.6) is 0 Å². The average molecular weight is 151 g/mol. The van der Waals surface area contributed by atoms with Crippen molar-refractivity contribution >= 4 is 11.3 Å². The Hall–Kier alpha value is -0.810. The Kier molecular flexibility index (Phi) is 2.08. The molecule has 0 N–H and O–H groups in total. The van der Waals surface area contributed by atoms with Crippen LogP contribution in [0.1, 0.15) is 22.7 Å². The maximum absolute atomic E-state index is 5.23. The van der Waals surface area contributed by atoms with Crippen LogP contribution in [0.4, 0.5) is 0 Å². The summed E-state index contributed by atoms with van der Waals surface area (Å²) in [6, 6.07) is 0. The van der Waals surface area contributed by atoms with E-state index in [-0.39, 0.29) is 5.92 Å². The van der Waals surface area contributed by atoms with Crippen molar-refractivity contribution in [1.29, 1.82) is 0 Å². The van der Waals surface area contributed by atoms with E-state index in [4.69, 9.17) is 6.42 Å². The van der Waals surface area contributed by atoms with Gasteiger partial charge in [-0.2, -0.15) is 0 Å². The summed E-state index contributed by atoms with van der Waals surface area (Å²) in [5.41, 5.74) is 0. The average Bonchev–Trinajstić information content (AvgIpc) is 2.34. The molecule has 1 rings (SSSR count). The van der Waals surface area contributed by atoms with Crippen LogP contribution >= 0.6 is 11.3 Å². The third-order valence-electron chi connectivity index (χ3n) is 1.26. The first-order valence-corrected chi connectivity index (χ1v) is 3.94. The van der Waals surface area contributed by atoms with E-state index >= 15 is 0 Å². The number of rotatable bonds is 1. The summed E-state index contributed by atoms with van der Waals surface area (Å²) < 4.78 is 0. The van der Waals surface area contributed by atoms with Gasteiger partial charge in [-0.15, -0.1) is 17.8 Å². The van der Waals surface area contributed by atoms with Gasteiger partial charge < -0.3 is 0 Å². The Bertz CT molecular complexity index is 256. The second-order valence-corrected chi connectivity index (χ2v) is 3.46. The number of aryl methyl sites for hydroxylation is 1. The normalized spacial score (nSPS) is 12.5. The first-order valence-electron chi connectivity index (χ1n) is 3.12. The predicted molar refractivity (Wildman–Crippen MR) is 44.1 cm³/mol. The van der Waals surface area contributed by atoms with Crippen molar-refractivity contribution in [3.05, 3.63) is 16.1 Å². The second-order valence-electron chi connectivity index (χ2n) is 2.20. The van der Waals surface area contributed by atoms with E-state index in [0.717, 1.165) is 5.01 Å². The van der Waals surface area contributed by atoms with E-state index < -0.39 is 0 Å². The molecule has 0 aromatic carbocycles. The first-order chi connectivity index (χ1) is 4.74. The fourth-order valence-electron chi connectivity index (χ4n) is 0.644. The van der Waals surface area contributed by atoms with Crippen LogP contribution in [0.25, 0.3) is 0 Å². The highest BCUT2D eigenvalue weighted by Gasteiger charge is 2.04. The molecule has 0 radical (unpaired) electrons. The van der Waals surface area contributed by atoms with E-state index in [2.05, 4.69) is 10.9 Å². The number of hydrogen-bond donors (Lipinski definition) is 0. The van der Waals surface area contributed by atoms with Gasteiger partial charge in [0.2, 0.25) is 0 Å². The third-order valence-corrected chi connectivity index (χ3v) is 2.36. The Labute approximate surface area is 65.1 Å². The smallest absolute Gasteiger partial charge is 0.107 e. The first kappa shape index (κ1) is 7.30.